The van der Waals surface area contributed by atoms with Crippen LogP contribution in [0.2, 0.25) is 10.0 Å². The third kappa shape index (κ3) is 4.11. The predicted octanol–water partition coefficient (Wildman–Crippen LogP) is 3.67. The van der Waals surface area contributed by atoms with E-state index in [9.17, 15) is 18.7 Å². The van der Waals surface area contributed by atoms with Crippen LogP contribution in [0.1, 0.15) is 27.2 Å². The van der Waals surface area contributed by atoms with Crippen LogP contribution < -0.4 is 0 Å². The molecule has 0 radical (unpaired) electrons. The quantitative estimate of drug-likeness (QED) is 0.763. The minimum Gasteiger partial charge on any atom is -0.493 e. The summed E-state index contributed by atoms with van der Waals surface area (Å²) in [6, 6.07) is 2.92. The molecule has 0 bridgehead atoms. The zero-order valence-electron chi connectivity index (χ0n) is 13.9. The van der Waals surface area contributed by atoms with Crippen LogP contribution in [0.25, 0.3) is 0 Å². The maximum Gasteiger partial charge on any atom is 0.251 e. The summed E-state index contributed by atoms with van der Waals surface area (Å²) in [5.74, 6) is -0.785. The maximum atomic E-state index is 12.8. The lowest BCUT2D eigenvalue weighted by molar-refractivity contribution is 0.0972. The third-order valence-electron chi connectivity index (χ3n) is 3.73. The summed E-state index contributed by atoms with van der Waals surface area (Å²) in [6.07, 6.45) is -2.50. The average molecular weight is 392 g/mol. The van der Waals surface area contributed by atoms with Crippen molar-refractivity contribution < 1.29 is 18.7 Å². The van der Waals surface area contributed by atoms with Crippen LogP contribution in [0.4, 0.5) is 8.78 Å². The van der Waals surface area contributed by atoms with Gasteiger partial charge in [0.25, 0.3) is 6.43 Å². The van der Waals surface area contributed by atoms with Crippen LogP contribution in [0.15, 0.2) is 12.1 Å². The van der Waals surface area contributed by atoms with E-state index in [0.29, 0.717) is 11.3 Å². The van der Waals surface area contributed by atoms with E-state index in [2.05, 4.69) is 5.10 Å². The molecule has 0 saturated heterocycles. The Labute approximate surface area is 153 Å². The van der Waals surface area contributed by atoms with Crippen LogP contribution in [0.3, 0.4) is 0 Å². The highest BCUT2D eigenvalue weighted by Gasteiger charge is 2.25. The molecule has 0 amide bonds. The first-order chi connectivity index (χ1) is 11.6. The standard InChI is InChI=1S/C16H17Cl2F2N3O2/c1-8-13(16(25)23(3)21-8)15(24)9-4-5-11(17)10(14(9)18)6-22(2)7-12(19)20/h4-5,12,25H,6-7H2,1-3H3. The average Bonchev–Trinajstić information content (AvgIpc) is 2.75. The molecule has 0 spiro atoms. The molecule has 1 heterocycles. The molecule has 9 heteroatoms. The first-order valence-electron chi connectivity index (χ1n) is 7.34. The Morgan fingerprint density at radius 1 is 1.40 bits per heavy atom. The molecule has 136 valence electrons. The van der Waals surface area contributed by atoms with Gasteiger partial charge < -0.3 is 5.11 Å². The van der Waals surface area contributed by atoms with Crippen LogP contribution in [0.5, 0.6) is 5.88 Å². The number of carbonyl (C=O) groups is 1. The second kappa shape index (κ2) is 7.68. The number of hydrogen-bond acceptors (Lipinski definition) is 4. The molecular weight excluding hydrogens is 375 g/mol. The minimum absolute atomic E-state index is 0.0404. The lowest BCUT2D eigenvalue weighted by Gasteiger charge is -2.19. The highest BCUT2D eigenvalue weighted by atomic mass is 35.5. The summed E-state index contributed by atoms with van der Waals surface area (Å²) in [5, 5.41) is 14.4. The van der Waals surface area contributed by atoms with E-state index in [1.165, 1.54) is 35.8 Å². The molecule has 0 saturated carbocycles. The fourth-order valence-electron chi connectivity index (χ4n) is 2.53. The van der Waals surface area contributed by atoms with Gasteiger partial charge in [-0.05, 0) is 26.1 Å². The SMILES string of the molecule is Cc1nn(C)c(O)c1C(=O)c1ccc(Cl)c(CN(C)CC(F)F)c1Cl. The van der Waals surface area contributed by atoms with E-state index in [1.807, 2.05) is 0 Å². The van der Waals surface area contributed by atoms with Gasteiger partial charge in [0.2, 0.25) is 11.7 Å². The normalized spacial score (nSPS) is 11.6. The van der Waals surface area contributed by atoms with Gasteiger partial charge in [-0.1, -0.05) is 23.2 Å². The Kier molecular flexibility index (Phi) is 6.03. The maximum absolute atomic E-state index is 12.8. The molecule has 2 aromatic rings. The summed E-state index contributed by atoms with van der Waals surface area (Å²) in [7, 11) is 3.01. The second-order valence-corrected chi connectivity index (χ2v) is 6.50. The Morgan fingerprint density at radius 3 is 2.56 bits per heavy atom. The summed E-state index contributed by atoms with van der Waals surface area (Å²) in [5.41, 5.74) is 0.891. The Balaban J connectivity index is 2.43. The van der Waals surface area contributed by atoms with Gasteiger partial charge >= 0.3 is 0 Å². The summed E-state index contributed by atoms with van der Waals surface area (Å²) in [4.78, 5) is 14.1. The van der Waals surface area contributed by atoms with Crippen molar-refractivity contribution in [2.24, 2.45) is 7.05 Å². The first-order valence-corrected chi connectivity index (χ1v) is 8.09. The molecule has 2 rings (SSSR count). The molecular formula is C16H17Cl2F2N3O2. The van der Waals surface area contributed by atoms with Gasteiger partial charge in [0.05, 0.1) is 17.3 Å². The van der Waals surface area contributed by atoms with Gasteiger partial charge in [-0.3, -0.25) is 9.69 Å². The second-order valence-electron chi connectivity index (χ2n) is 5.71. The van der Waals surface area contributed by atoms with Crippen molar-refractivity contribution in [1.82, 2.24) is 14.7 Å². The smallest absolute Gasteiger partial charge is 0.251 e. The number of aryl methyl sites for hydroxylation is 2. The van der Waals surface area contributed by atoms with Crippen molar-refractivity contribution in [2.75, 3.05) is 13.6 Å². The minimum atomic E-state index is -2.50. The number of ketones is 1. The Morgan fingerprint density at radius 2 is 2.04 bits per heavy atom. The van der Waals surface area contributed by atoms with Crippen molar-refractivity contribution in [2.45, 2.75) is 19.9 Å². The van der Waals surface area contributed by atoms with E-state index < -0.39 is 18.8 Å². The molecule has 0 aliphatic carbocycles. The fraction of sp³-hybridized carbons (Fsp3) is 0.375. The fourth-order valence-corrected chi connectivity index (χ4v) is 3.11. The van der Waals surface area contributed by atoms with Gasteiger partial charge in [-0.2, -0.15) is 5.10 Å². The number of carbonyl (C=O) groups excluding carboxylic acids is 1. The van der Waals surface area contributed by atoms with Gasteiger partial charge in [0.15, 0.2) is 0 Å². The molecule has 5 nitrogen and oxygen atoms in total. The predicted molar refractivity (Wildman–Crippen MR) is 91.8 cm³/mol. The van der Waals surface area contributed by atoms with Crippen LogP contribution in [-0.2, 0) is 13.6 Å². The van der Waals surface area contributed by atoms with Crippen molar-refractivity contribution >= 4 is 29.0 Å². The number of alkyl halides is 2. The molecule has 0 aliphatic rings. The van der Waals surface area contributed by atoms with Crippen LogP contribution in [0, 0.1) is 6.92 Å². The summed E-state index contributed by atoms with van der Waals surface area (Å²) < 4.78 is 26.2. The topological polar surface area (TPSA) is 58.4 Å². The lowest BCUT2D eigenvalue weighted by Crippen LogP contribution is -2.24. The lowest BCUT2D eigenvalue weighted by atomic mass is 10.0. The molecule has 1 N–H and O–H groups in total. The first kappa shape index (κ1) is 19.6. The number of aromatic hydroxyl groups is 1. The zero-order chi connectivity index (χ0) is 18.9. The third-order valence-corrected chi connectivity index (χ3v) is 4.51. The largest absolute Gasteiger partial charge is 0.493 e. The van der Waals surface area contributed by atoms with Crippen molar-refractivity contribution in [3.8, 4) is 5.88 Å². The molecule has 0 aliphatic heterocycles. The summed E-state index contributed by atoms with van der Waals surface area (Å²) >= 11 is 12.4. The van der Waals surface area contributed by atoms with Gasteiger partial charge in [-0.15, -0.1) is 0 Å². The molecule has 1 aromatic heterocycles. The number of benzene rings is 1. The Hall–Kier alpha value is -1.70. The van der Waals surface area contributed by atoms with E-state index in [4.69, 9.17) is 23.2 Å². The van der Waals surface area contributed by atoms with Crippen molar-refractivity contribution in [3.63, 3.8) is 0 Å². The van der Waals surface area contributed by atoms with Gasteiger partial charge in [0.1, 0.15) is 5.56 Å². The summed E-state index contributed by atoms with van der Waals surface area (Å²) in [6.45, 7) is 1.20. The molecule has 0 unspecified atom stereocenters. The van der Waals surface area contributed by atoms with Crippen LogP contribution in [-0.4, -0.2) is 45.6 Å². The Bertz CT molecular complexity index is 809. The highest BCUT2D eigenvalue weighted by molar-refractivity contribution is 6.39. The number of aromatic nitrogens is 2. The van der Waals surface area contributed by atoms with Crippen molar-refractivity contribution in [1.29, 1.82) is 0 Å². The van der Waals surface area contributed by atoms with E-state index in [-0.39, 0.29) is 33.6 Å². The van der Waals surface area contributed by atoms with Crippen LogP contribution >= 0.6 is 23.2 Å². The van der Waals surface area contributed by atoms with E-state index in [1.54, 1.807) is 6.92 Å². The number of rotatable bonds is 6. The van der Waals surface area contributed by atoms with Gasteiger partial charge in [-0.25, -0.2) is 13.5 Å². The molecule has 25 heavy (non-hydrogen) atoms. The molecule has 0 atom stereocenters. The monoisotopic (exact) mass is 391 g/mol. The molecule has 0 fully saturated rings. The highest BCUT2D eigenvalue weighted by Crippen LogP contribution is 2.33. The number of hydrogen-bond donors (Lipinski definition) is 1. The van der Waals surface area contributed by atoms with Crippen molar-refractivity contribution in [3.05, 3.63) is 44.6 Å². The van der Waals surface area contributed by atoms with Gasteiger partial charge in [0, 0.05) is 29.7 Å². The number of nitrogens with zero attached hydrogens (tertiary/aromatic N) is 3. The molecule has 1 aromatic carbocycles. The van der Waals surface area contributed by atoms with E-state index >= 15 is 0 Å². The van der Waals surface area contributed by atoms with E-state index in [0.717, 1.165) is 0 Å². The number of halogens is 4. The zero-order valence-corrected chi connectivity index (χ0v) is 15.4.